The topological polar surface area (TPSA) is 50.4 Å². The van der Waals surface area contributed by atoms with Crippen molar-refractivity contribution in [3.63, 3.8) is 0 Å². The summed E-state index contributed by atoms with van der Waals surface area (Å²) in [6.07, 6.45) is 8.21. The zero-order valence-electron chi connectivity index (χ0n) is 11.4. The van der Waals surface area contributed by atoms with Crippen LogP contribution in [0.5, 0.6) is 0 Å². The highest BCUT2D eigenvalue weighted by Crippen LogP contribution is 2.15. The summed E-state index contributed by atoms with van der Waals surface area (Å²) in [7, 11) is 0. The Morgan fingerprint density at radius 2 is 2.17 bits per heavy atom. The molecule has 2 rings (SSSR count). The van der Waals surface area contributed by atoms with Crippen LogP contribution in [0.2, 0.25) is 0 Å². The number of rotatable bonds is 4. The Kier molecular flexibility index (Phi) is 5.45. The quantitative estimate of drug-likeness (QED) is 0.801. The monoisotopic (exact) mass is 254 g/mol. The Morgan fingerprint density at radius 3 is 2.89 bits per heavy atom. The average molecular weight is 254 g/mol. The minimum atomic E-state index is 0.0148. The predicted octanol–water partition coefficient (Wildman–Crippen LogP) is 1.59. The first-order valence-electron chi connectivity index (χ1n) is 7.41. The molecule has 4 heteroatoms. The minimum absolute atomic E-state index is 0.0148. The van der Waals surface area contributed by atoms with Gasteiger partial charge >= 0.3 is 0 Å². The van der Waals surface area contributed by atoms with Gasteiger partial charge in [-0.25, -0.2) is 0 Å². The van der Waals surface area contributed by atoms with Crippen molar-refractivity contribution in [3.05, 3.63) is 0 Å². The second kappa shape index (κ2) is 7.10. The van der Waals surface area contributed by atoms with Crippen LogP contribution in [0.3, 0.4) is 0 Å². The number of piperidine rings is 1. The molecular formula is C14H26N2O2. The molecule has 3 atom stereocenters. The zero-order chi connectivity index (χ0) is 12.8. The highest BCUT2D eigenvalue weighted by atomic mass is 16.5. The van der Waals surface area contributed by atoms with Crippen molar-refractivity contribution in [1.82, 2.24) is 10.6 Å². The summed E-state index contributed by atoms with van der Waals surface area (Å²) in [5.41, 5.74) is 0. The third-order valence-corrected chi connectivity index (χ3v) is 3.97. The standard InChI is InChI=1S/C14H26N2O2/c1-11-5-4-7-13(16-11)14(17)15-9-8-12-6-2-3-10-18-12/h11-13,16H,2-10H2,1H3,(H,15,17). The smallest absolute Gasteiger partial charge is 0.237 e. The molecule has 4 nitrogen and oxygen atoms in total. The summed E-state index contributed by atoms with van der Waals surface area (Å²) in [6, 6.07) is 0.484. The van der Waals surface area contributed by atoms with Crippen molar-refractivity contribution < 1.29 is 9.53 Å². The Morgan fingerprint density at radius 1 is 1.28 bits per heavy atom. The summed E-state index contributed by atoms with van der Waals surface area (Å²) in [5, 5.41) is 6.40. The fourth-order valence-electron chi connectivity index (χ4n) is 2.86. The van der Waals surface area contributed by atoms with Crippen LogP contribution in [0.25, 0.3) is 0 Å². The van der Waals surface area contributed by atoms with Crippen molar-refractivity contribution in [1.29, 1.82) is 0 Å². The third kappa shape index (κ3) is 4.25. The van der Waals surface area contributed by atoms with E-state index < -0.39 is 0 Å². The number of amides is 1. The zero-order valence-corrected chi connectivity index (χ0v) is 11.4. The van der Waals surface area contributed by atoms with Crippen LogP contribution in [-0.2, 0) is 9.53 Å². The lowest BCUT2D eigenvalue weighted by molar-refractivity contribution is -0.124. The molecule has 2 fully saturated rings. The number of hydrogen-bond acceptors (Lipinski definition) is 3. The predicted molar refractivity (Wildman–Crippen MR) is 71.5 cm³/mol. The van der Waals surface area contributed by atoms with E-state index in [9.17, 15) is 4.79 Å². The number of nitrogens with one attached hydrogen (secondary N) is 2. The van der Waals surface area contributed by atoms with Crippen LogP contribution in [0.1, 0.15) is 51.9 Å². The van der Waals surface area contributed by atoms with Crippen LogP contribution in [0.4, 0.5) is 0 Å². The summed E-state index contributed by atoms with van der Waals surface area (Å²) in [6.45, 7) is 3.78. The number of ether oxygens (including phenoxy) is 1. The van der Waals surface area contributed by atoms with Gasteiger partial charge < -0.3 is 15.4 Å². The summed E-state index contributed by atoms with van der Waals surface area (Å²) < 4.78 is 5.66. The molecule has 0 aliphatic carbocycles. The lowest BCUT2D eigenvalue weighted by atomic mass is 9.99. The SMILES string of the molecule is CC1CCCC(C(=O)NCCC2CCCCO2)N1. The molecule has 2 N–H and O–H groups in total. The van der Waals surface area contributed by atoms with Gasteiger partial charge in [0.05, 0.1) is 12.1 Å². The molecule has 3 unspecified atom stereocenters. The normalized spacial score (nSPS) is 33.1. The molecule has 0 saturated carbocycles. The molecule has 0 radical (unpaired) electrons. The fourth-order valence-corrected chi connectivity index (χ4v) is 2.86. The van der Waals surface area contributed by atoms with E-state index in [0.717, 1.165) is 38.8 Å². The lowest BCUT2D eigenvalue weighted by Crippen LogP contribution is -2.50. The highest BCUT2D eigenvalue weighted by molar-refractivity contribution is 5.81. The number of carbonyl (C=O) groups is 1. The van der Waals surface area contributed by atoms with E-state index >= 15 is 0 Å². The molecule has 2 saturated heterocycles. The van der Waals surface area contributed by atoms with Gasteiger partial charge in [-0.1, -0.05) is 0 Å². The molecule has 2 aliphatic heterocycles. The van der Waals surface area contributed by atoms with Crippen LogP contribution < -0.4 is 10.6 Å². The first-order chi connectivity index (χ1) is 8.75. The second-order valence-corrected chi connectivity index (χ2v) is 5.62. The Bertz CT molecular complexity index is 265. The van der Waals surface area contributed by atoms with E-state index in [1.165, 1.54) is 19.3 Å². The van der Waals surface area contributed by atoms with Crippen molar-refractivity contribution in [2.24, 2.45) is 0 Å². The van der Waals surface area contributed by atoms with Gasteiger partial charge in [0.15, 0.2) is 0 Å². The largest absolute Gasteiger partial charge is 0.378 e. The van der Waals surface area contributed by atoms with Gasteiger partial charge in [0, 0.05) is 19.2 Å². The van der Waals surface area contributed by atoms with Crippen molar-refractivity contribution in [2.45, 2.75) is 70.1 Å². The molecule has 0 aromatic carbocycles. The van der Waals surface area contributed by atoms with Gasteiger partial charge in [-0.05, 0) is 51.9 Å². The third-order valence-electron chi connectivity index (χ3n) is 3.97. The highest BCUT2D eigenvalue weighted by Gasteiger charge is 2.24. The molecular weight excluding hydrogens is 228 g/mol. The van der Waals surface area contributed by atoms with Crippen LogP contribution >= 0.6 is 0 Å². The Hall–Kier alpha value is -0.610. The van der Waals surface area contributed by atoms with Crippen molar-refractivity contribution in [3.8, 4) is 0 Å². The van der Waals surface area contributed by atoms with E-state index in [1.807, 2.05) is 0 Å². The van der Waals surface area contributed by atoms with Crippen LogP contribution in [0, 0.1) is 0 Å². The molecule has 0 bridgehead atoms. The maximum Gasteiger partial charge on any atom is 0.237 e. The van der Waals surface area contributed by atoms with Gasteiger partial charge in [0.1, 0.15) is 0 Å². The molecule has 18 heavy (non-hydrogen) atoms. The maximum absolute atomic E-state index is 12.0. The van der Waals surface area contributed by atoms with Gasteiger partial charge in [-0.2, -0.15) is 0 Å². The van der Waals surface area contributed by atoms with Gasteiger partial charge in [-0.3, -0.25) is 4.79 Å². The van der Waals surface area contributed by atoms with E-state index in [-0.39, 0.29) is 11.9 Å². The van der Waals surface area contributed by atoms with Crippen molar-refractivity contribution >= 4 is 5.91 Å². The first-order valence-corrected chi connectivity index (χ1v) is 7.41. The molecule has 0 aromatic rings. The van der Waals surface area contributed by atoms with E-state index in [1.54, 1.807) is 0 Å². The van der Waals surface area contributed by atoms with E-state index in [2.05, 4.69) is 17.6 Å². The number of carbonyl (C=O) groups excluding carboxylic acids is 1. The average Bonchev–Trinajstić information content (AvgIpc) is 2.40. The molecule has 104 valence electrons. The van der Waals surface area contributed by atoms with Crippen LogP contribution in [-0.4, -0.2) is 37.2 Å². The van der Waals surface area contributed by atoms with Crippen LogP contribution in [0.15, 0.2) is 0 Å². The van der Waals surface area contributed by atoms with Gasteiger partial charge in [0.25, 0.3) is 0 Å². The first kappa shape index (κ1) is 13.8. The molecule has 2 aliphatic rings. The van der Waals surface area contributed by atoms with Gasteiger partial charge in [-0.15, -0.1) is 0 Å². The lowest BCUT2D eigenvalue weighted by Gasteiger charge is -2.28. The van der Waals surface area contributed by atoms with E-state index in [0.29, 0.717) is 12.1 Å². The molecule has 2 heterocycles. The fraction of sp³-hybridized carbons (Fsp3) is 0.929. The molecule has 1 amide bonds. The molecule has 0 spiro atoms. The summed E-state index contributed by atoms with van der Waals surface area (Å²) in [4.78, 5) is 12.0. The maximum atomic E-state index is 12.0. The Balaban J connectivity index is 1.61. The Labute approximate surface area is 110 Å². The van der Waals surface area contributed by atoms with Gasteiger partial charge in [0.2, 0.25) is 5.91 Å². The van der Waals surface area contributed by atoms with Crippen molar-refractivity contribution in [2.75, 3.05) is 13.2 Å². The second-order valence-electron chi connectivity index (χ2n) is 5.62. The summed E-state index contributed by atoms with van der Waals surface area (Å²) >= 11 is 0. The molecule has 0 aromatic heterocycles. The minimum Gasteiger partial charge on any atom is -0.378 e. The van der Waals surface area contributed by atoms with E-state index in [4.69, 9.17) is 4.74 Å². The number of hydrogen-bond donors (Lipinski definition) is 2. The summed E-state index contributed by atoms with van der Waals surface area (Å²) in [5.74, 6) is 0.164.